The highest BCUT2D eigenvalue weighted by Gasteiger charge is 2.28. The molecular weight excluding hydrogens is 256 g/mol. The van der Waals surface area contributed by atoms with Crippen molar-refractivity contribution in [3.05, 3.63) is 23.8 Å². The Bertz CT molecular complexity index is 500. The van der Waals surface area contributed by atoms with Gasteiger partial charge in [-0.3, -0.25) is 4.79 Å². The number of nitrogens with zero attached hydrogens (tertiary/aromatic N) is 1. The molecule has 5 heteroatoms. The summed E-state index contributed by atoms with van der Waals surface area (Å²) in [5.41, 5.74) is 6.11. The lowest BCUT2D eigenvalue weighted by molar-refractivity contribution is 0.0437. The van der Waals surface area contributed by atoms with E-state index in [0.717, 1.165) is 12.8 Å². The lowest BCUT2D eigenvalue weighted by atomic mass is 9.98. The summed E-state index contributed by atoms with van der Waals surface area (Å²) in [6, 6.07) is 5.05. The first-order valence-electron chi connectivity index (χ1n) is 6.88. The Labute approximate surface area is 119 Å². The number of methoxy groups -OCH3 is 1. The molecule has 1 unspecified atom stereocenters. The number of nitrogens with two attached hydrogens (primary N) is 1. The molecule has 0 aliphatic carbocycles. The third-order valence-corrected chi connectivity index (χ3v) is 3.81. The lowest BCUT2D eigenvalue weighted by Gasteiger charge is -2.23. The fourth-order valence-electron chi connectivity index (χ4n) is 2.52. The van der Waals surface area contributed by atoms with Crippen LogP contribution in [0.5, 0.6) is 5.75 Å². The van der Waals surface area contributed by atoms with Crippen molar-refractivity contribution in [2.24, 2.45) is 0 Å². The number of hydrogen-bond donors (Lipinski definition) is 2. The van der Waals surface area contributed by atoms with E-state index in [1.54, 1.807) is 23.1 Å². The van der Waals surface area contributed by atoms with Crippen LogP contribution < -0.4 is 10.5 Å². The molecule has 0 saturated carbocycles. The van der Waals surface area contributed by atoms with Crippen LogP contribution in [-0.4, -0.2) is 41.7 Å². The minimum atomic E-state index is -0.680. The summed E-state index contributed by atoms with van der Waals surface area (Å²) in [4.78, 5) is 14.4. The van der Waals surface area contributed by atoms with E-state index < -0.39 is 5.60 Å². The minimum Gasteiger partial charge on any atom is -0.496 e. The number of anilines is 1. The van der Waals surface area contributed by atoms with Crippen LogP contribution in [0.1, 0.15) is 36.5 Å². The maximum Gasteiger partial charge on any atom is 0.257 e. The highest BCUT2D eigenvalue weighted by molar-refractivity contribution is 5.97. The molecule has 1 aliphatic rings. The van der Waals surface area contributed by atoms with Gasteiger partial charge < -0.3 is 20.5 Å². The molecule has 1 saturated heterocycles. The van der Waals surface area contributed by atoms with Gasteiger partial charge in [0.1, 0.15) is 5.75 Å². The van der Waals surface area contributed by atoms with Gasteiger partial charge >= 0.3 is 0 Å². The number of carbonyl (C=O) groups is 1. The van der Waals surface area contributed by atoms with Gasteiger partial charge in [0, 0.05) is 24.8 Å². The standard InChI is InChI=1S/C15H22N2O3/c1-15(19)6-3-8-17(9-7-15)14(18)12-5-4-11(16)10-13(12)20-2/h4-5,10,19H,3,6-9,16H2,1-2H3. The number of carbonyl (C=O) groups excluding carboxylic acids is 1. The Kier molecular flexibility index (Phi) is 4.18. The molecule has 110 valence electrons. The van der Waals surface area contributed by atoms with E-state index >= 15 is 0 Å². The van der Waals surface area contributed by atoms with Crippen molar-refractivity contribution in [3.8, 4) is 5.75 Å². The van der Waals surface area contributed by atoms with Crippen molar-refractivity contribution in [1.82, 2.24) is 4.90 Å². The van der Waals surface area contributed by atoms with Gasteiger partial charge in [-0.25, -0.2) is 0 Å². The number of aliphatic hydroxyl groups is 1. The topological polar surface area (TPSA) is 75.8 Å². The van der Waals surface area contributed by atoms with Crippen LogP contribution in [0.3, 0.4) is 0 Å². The van der Waals surface area contributed by atoms with Crippen LogP contribution in [-0.2, 0) is 0 Å². The van der Waals surface area contributed by atoms with Crippen LogP contribution in [0.15, 0.2) is 18.2 Å². The molecule has 1 atom stereocenters. The molecule has 0 aromatic heterocycles. The minimum absolute atomic E-state index is 0.0699. The highest BCUT2D eigenvalue weighted by atomic mass is 16.5. The Hall–Kier alpha value is -1.75. The predicted octanol–water partition coefficient (Wildman–Crippen LogP) is 1.65. The zero-order valence-electron chi connectivity index (χ0n) is 12.1. The first-order chi connectivity index (χ1) is 9.43. The van der Waals surface area contributed by atoms with E-state index in [9.17, 15) is 9.90 Å². The summed E-state index contributed by atoms with van der Waals surface area (Å²) in [5.74, 6) is 0.422. The van der Waals surface area contributed by atoms with E-state index in [-0.39, 0.29) is 5.91 Å². The van der Waals surface area contributed by atoms with Gasteiger partial charge in [0.15, 0.2) is 0 Å². The fourth-order valence-corrected chi connectivity index (χ4v) is 2.52. The molecule has 1 fully saturated rings. The van der Waals surface area contributed by atoms with Crippen molar-refractivity contribution in [1.29, 1.82) is 0 Å². The zero-order valence-corrected chi connectivity index (χ0v) is 12.1. The largest absolute Gasteiger partial charge is 0.496 e. The van der Waals surface area contributed by atoms with Gasteiger partial charge in [-0.15, -0.1) is 0 Å². The van der Waals surface area contributed by atoms with Gasteiger partial charge in [-0.05, 0) is 38.3 Å². The van der Waals surface area contributed by atoms with E-state index in [1.165, 1.54) is 7.11 Å². The second-order valence-electron chi connectivity index (χ2n) is 5.60. The van der Waals surface area contributed by atoms with E-state index in [0.29, 0.717) is 36.5 Å². The lowest BCUT2D eigenvalue weighted by Crippen LogP contribution is -2.33. The average Bonchev–Trinajstić information content (AvgIpc) is 2.59. The summed E-state index contributed by atoms with van der Waals surface area (Å²) in [5, 5.41) is 10.1. The van der Waals surface area contributed by atoms with Crippen molar-refractivity contribution in [3.63, 3.8) is 0 Å². The van der Waals surface area contributed by atoms with Crippen molar-refractivity contribution < 1.29 is 14.6 Å². The first-order valence-corrected chi connectivity index (χ1v) is 6.88. The summed E-state index contributed by atoms with van der Waals surface area (Å²) >= 11 is 0. The molecule has 0 spiro atoms. The van der Waals surface area contributed by atoms with Crippen LogP contribution >= 0.6 is 0 Å². The third-order valence-electron chi connectivity index (χ3n) is 3.81. The molecule has 1 aromatic carbocycles. The maximum absolute atomic E-state index is 12.6. The maximum atomic E-state index is 12.6. The Morgan fingerprint density at radius 3 is 2.85 bits per heavy atom. The third kappa shape index (κ3) is 3.22. The summed E-state index contributed by atoms with van der Waals surface area (Å²) < 4.78 is 5.23. The smallest absolute Gasteiger partial charge is 0.257 e. The van der Waals surface area contributed by atoms with Crippen LogP contribution in [0.2, 0.25) is 0 Å². The summed E-state index contributed by atoms with van der Waals surface area (Å²) in [6.45, 7) is 3.03. The molecule has 20 heavy (non-hydrogen) atoms. The summed E-state index contributed by atoms with van der Waals surface area (Å²) in [7, 11) is 1.53. The molecule has 0 radical (unpaired) electrons. The van der Waals surface area contributed by atoms with Crippen LogP contribution in [0.4, 0.5) is 5.69 Å². The van der Waals surface area contributed by atoms with Crippen molar-refractivity contribution in [2.45, 2.75) is 31.8 Å². The quantitative estimate of drug-likeness (QED) is 0.807. The van der Waals surface area contributed by atoms with Gasteiger partial charge in [0.2, 0.25) is 0 Å². The van der Waals surface area contributed by atoms with E-state index in [4.69, 9.17) is 10.5 Å². The van der Waals surface area contributed by atoms with Crippen LogP contribution in [0.25, 0.3) is 0 Å². The second-order valence-corrected chi connectivity index (χ2v) is 5.60. The molecule has 1 heterocycles. The predicted molar refractivity (Wildman–Crippen MR) is 77.8 cm³/mol. The van der Waals surface area contributed by atoms with Gasteiger partial charge in [-0.1, -0.05) is 0 Å². The Balaban J connectivity index is 2.19. The molecule has 5 nitrogen and oxygen atoms in total. The zero-order chi connectivity index (χ0) is 14.8. The Morgan fingerprint density at radius 2 is 2.15 bits per heavy atom. The van der Waals surface area contributed by atoms with Gasteiger partial charge in [0.05, 0.1) is 18.3 Å². The number of ether oxygens (including phenoxy) is 1. The summed E-state index contributed by atoms with van der Waals surface area (Å²) in [6.07, 6.45) is 2.11. The molecule has 1 aromatic rings. The number of hydrogen-bond acceptors (Lipinski definition) is 4. The molecule has 1 amide bonds. The number of benzene rings is 1. The number of likely N-dealkylation sites (tertiary alicyclic amines) is 1. The fraction of sp³-hybridized carbons (Fsp3) is 0.533. The Morgan fingerprint density at radius 1 is 1.40 bits per heavy atom. The highest BCUT2D eigenvalue weighted by Crippen LogP contribution is 2.26. The monoisotopic (exact) mass is 278 g/mol. The average molecular weight is 278 g/mol. The number of rotatable bonds is 2. The normalized spacial score (nSPS) is 23.2. The van der Waals surface area contributed by atoms with Crippen molar-refractivity contribution >= 4 is 11.6 Å². The SMILES string of the molecule is COc1cc(N)ccc1C(=O)N1CCCC(C)(O)CC1. The molecular formula is C15H22N2O3. The van der Waals surface area contributed by atoms with E-state index in [1.807, 2.05) is 6.92 Å². The van der Waals surface area contributed by atoms with Crippen LogP contribution in [0, 0.1) is 0 Å². The molecule has 1 aliphatic heterocycles. The molecule has 3 N–H and O–H groups in total. The first kappa shape index (κ1) is 14.7. The second kappa shape index (κ2) is 5.71. The van der Waals surface area contributed by atoms with E-state index in [2.05, 4.69) is 0 Å². The molecule has 0 bridgehead atoms. The van der Waals surface area contributed by atoms with Gasteiger partial charge in [0.25, 0.3) is 5.91 Å². The van der Waals surface area contributed by atoms with Crippen molar-refractivity contribution in [2.75, 3.05) is 25.9 Å². The number of amides is 1. The number of nitrogen functional groups attached to an aromatic ring is 1. The van der Waals surface area contributed by atoms with Gasteiger partial charge in [-0.2, -0.15) is 0 Å². The molecule has 2 rings (SSSR count).